The lowest BCUT2D eigenvalue weighted by molar-refractivity contribution is 0.0316. The number of ether oxygens (including phenoxy) is 2. The Bertz CT molecular complexity index is 483. The number of benzene rings is 1. The molecular weight excluding hydrogens is 244 g/mol. The molecule has 0 radical (unpaired) electrons. The molecule has 0 aliphatic carbocycles. The molecule has 1 N–H and O–H groups in total. The summed E-state index contributed by atoms with van der Waals surface area (Å²) in [5.41, 5.74) is 0.519. The highest BCUT2D eigenvalue weighted by Gasteiger charge is 2.46. The monoisotopic (exact) mass is 262 g/mol. The molecule has 5 nitrogen and oxygen atoms in total. The number of carbonyl (C=O) groups is 1. The Hall–Kier alpha value is -1.75. The number of carbonyl (C=O) groups excluding carboxylic acids is 1. The molecule has 2 heterocycles. The first-order valence-electron chi connectivity index (χ1n) is 6.58. The van der Waals surface area contributed by atoms with E-state index in [1.165, 1.54) is 0 Å². The van der Waals surface area contributed by atoms with Gasteiger partial charge in [0.05, 0.1) is 19.3 Å². The smallest absolute Gasteiger partial charge is 0.415 e. The van der Waals surface area contributed by atoms with Gasteiger partial charge < -0.3 is 14.8 Å². The largest absolute Gasteiger partial charge is 0.497 e. The minimum atomic E-state index is -0.314. The van der Waals surface area contributed by atoms with Crippen molar-refractivity contribution in [2.24, 2.45) is 0 Å². The van der Waals surface area contributed by atoms with E-state index in [1.807, 2.05) is 24.3 Å². The van der Waals surface area contributed by atoms with Crippen LogP contribution in [0, 0.1) is 0 Å². The number of anilines is 1. The Morgan fingerprint density at radius 3 is 2.89 bits per heavy atom. The number of amides is 1. The zero-order chi connectivity index (χ0) is 13.3. The van der Waals surface area contributed by atoms with E-state index in [-0.39, 0.29) is 11.7 Å². The first-order chi connectivity index (χ1) is 9.22. The quantitative estimate of drug-likeness (QED) is 0.882. The molecule has 1 spiro atoms. The van der Waals surface area contributed by atoms with Crippen molar-refractivity contribution in [3.05, 3.63) is 24.3 Å². The van der Waals surface area contributed by atoms with Crippen molar-refractivity contribution in [2.45, 2.75) is 18.4 Å². The zero-order valence-corrected chi connectivity index (χ0v) is 11.0. The van der Waals surface area contributed by atoms with E-state index in [1.54, 1.807) is 12.0 Å². The fourth-order valence-electron chi connectivity index (χ4n) is 2.74. The summed E-state index contributed by atoms with van der Waals surface area (Å²) in [7, 11) is 1.62. The second kappa shape index (κ2) is 4.74. The lowest BCUT2D eigenvalue weighted by atomic mass is 9.92. The number of hydrogen-bond donors (Lipinski definition) is 1. The molecular formula is C14H18N2O3. The highest BCUT2D eigenvalue weighted by Crippen LogP contribution is 2.34. The van der Waals surface area contributed by atoms with Crippen LogP contribution >= 0.6 is 0 Å². The Balaban J connectivity index is 1.83. The van der Waals surface area contributed by atoms with Gasteiger partial charge in [0.2, 0.25) is 0 Å². The summed E-state index contributed by atoms with van der Waals surface area (Å²) < 4.78 is 10.8. The molecule has 2 aliphatic heterocycles. The van der Waals surface area contributed by atoms with Crippen LogP contribution in [-0.4, -0.2) is 38.4 Å². The van der Waals surface area contributed by atoms with Gasteiger partial charge in [0.15, 0.2) is 0 Å². The maximum Gasteiger partial charge on any atom is 0.415 e. The second-order valence-electron chi connectivity index (χ2n) is 5.09. The fourth-order valence-corrected chi connectivity index (χ4v) is 2.74. The third-order valence-electron chi connectivity index (χ3n) is 3.85. The summed E-state index contributed by atoms with van der Waals surface area (Å²) in [5, 5.41) is 3.29. The first-order valence-corrected chi connectivity index (χ1v) is 6.58. The summed E-state index contributed by atoms with van der Waals surface area (Å²) in [6.07, 6.45) is 1.49. The van der Waals surface area contributed by atoms with Crippen LogP contribution in [0.5, 0.6) is 5.75 Å². The topological polar surface area (TPSA) is 50.8 Å². The summed E-state index contributed by atoms with van der Waals surface area (Å²) in [6, 6.07) is 7.52. The minimum absolute atomic E-state index is 0.254. The van der Waals surface area contributed by atoms with Crippen LogP contribution in [-0.2, 0) is 4.74 Å². The van der Waals surface area contributed by atoms with Crippen LogP contribution in [0.15, 0.2) is 24.3 Å². The molecule has 2 fully saturated rings. The molecule has 2 aliphatic rings. The number of rotatable bonds is 2. The van der Waals surface area contributed by atoms with Crippen LogP contribution in [0.2, 0.25) is 0 Å². The van der Waals surface area contributed by atoms with Crippen molar-refractivity contribution in [2.75, 3.05) is 31.6 Å². The third kappa shape index (κ3) is 2.26. The molecule has 1 aromatic rings. The average molecular weight is 262 g/mol. The normalized spacial score (nSPS) is 21.5. The molecule has 19 heavy (non-hydrogen) atoms. The molecule has 0 aromatic heterocycles. The Morgan fingerprint density at radius 1 is 1.37 bits per heavy atom. The van der Waals surface area contributed by atoms with Gasteiger partial charge in [-0.25, -0.2) is 4.79 Å². The van der Waals surface area contributed by atoms with Crippen molar-refractivity contribution >= 4 is 11.8 Å². The molecule has 5 heteroatoms. The number of piperidine rings is 1. The van der Waals surface area contributed by atoms with Crippen LogP contribution < -0.4 is 15.0 Å². The first kappa shape index (κ1) is 12.3. The SMILES string of the molecule is COc1cccc(N2CC3(CCNCC3)OC2=O)c1. The van der Waals surface area contributed by atoms with E-state index in [0.717, 1.165) is 37.4 Å². The van der Waals surface area contributed by atoms with E-state index < -0.39 is 0 Å². The van der Waals surface area contributed by atoms with Gasteiger partial charge in [0.1, 0.15) is 11.4 Å². The van der Waals surface area contributed by atoms with Gasteiger partial charge in [0.25, 0.3) is 0 Å². The summed E-state index contributed by atoms with van der Waals surface area (Å²) in [4.78, 5) is 13.8. The number of hydrogen-bond acceptors (Lipinski definition) is 4. The van der Waals surface area contributed by atoms with Gasteiger partial charge in [0, 0.05) is 18.9 Å². The van der Waals surface area contributed by atoms with Gasteiger partial charge in [-0.1, -0.05) is 6.07 Å². The van der Waals surface area contributed by atoms with Crippen LogP contribution in [0.1, 0.15) is 12.8 Å². The van der Waals surface area contributed by atoms with E-state index in [4.69, 9.17) is 9.47 Å². The van der Waals surface area contributed by atoms with Gasteiger partial charge in [-0.2, -0.15) is 0 Å². The van der Waals surface area contributed by atoms with Gasteiger partial charge in [-0.3, -0.25) is 4.90 Å². The standard InChI is InChI=1S/C14H18N2O3/c1-18-12-4-2-3-11(9-12)16-10-14(19-13(16)17)5-7-15-8-6-14/h2-4,9,15H,5-8,10H2,1H3. The van der Waals surface area contributed by atoms with Crippen LogP contribution in [0.25, 0.3) is 0 Å². The Morgan fingerprint density at radius 2 is 2.16 bits per heavy atom. The van der Waals surface area contributed by atoms with Crippen LogP contribution in [0.3, 0.4) is 0 Å². The highest BCUT2D eigenvalue weighted by molar-refractivity contribution is 5.90. The number of nitrogens with zero attached hydrogens (tertiary/aromatic N) is 1. The molecule has 3 rings (SSSR count). The molecule has 102 valence electrons. The molecule has 0 atom stereocenters. The minimum Gasteiger partial charge on any atom is -0.497 e. The van der Waals surface area contributed by atoms with E-state index in [0.29, 0.717) is 6.54 Å². The maximum absolute atomic E-state index is 12.1. The van der Waals surface area contributed by atoms with Gasteiger partial charge >= 0.3 is 6.09 Å². The lowest BCUT2D eigenvalue weighted by Crippen LogP contribution is -2.44. The average Bonchev–Trinajstić information content (AvgIpc) is 2.76. The van der Waals surface area contributed by atoms with Crippen molar-refractivity contribution in [1.82, 2.24) is 5.32 Å². The second-order valence-corrected chi connectivity index (χ2v) is 5.09. The third-order valence-corrected chi connectivity index (χ3v) is 3.85. The molecule has 1 aromatic carbocycles. The predicted molar refractivity (Wildman–Crippen MR) is 71.7 cm³/mol. The molecule has 0 unspecified atom stereocenters. The Labute approximate surface area is 112 Å². The summed E-state index contributed by atoms with van der Waals surface area (Å²) >= 11 is 0. The van der Waals surface area contributed by atoms with E-state index in [9.17, 15) is 4.79 Å². The van der Waals surface area contributed by atoms with Crippen LogP contribution in [0.4, 0.5) is 10.5 Å². The van der Waals surface area contributed by atoms with Gasteiger partial charge in [-0.15, -0.1) is 0 Å². The lowest BCUT2D eigenvalue weighted by Gasteiger charge is -2.31. The maximum atomic E-state index is 12.1. The summed E-state index contributed by atoms with van der Waals surface area (Å²) in [5.74, 6) is 0.747. The molecule has 2 saturated heterocycles. The van der Waals surface area contributed by atoms with E-state index >= 15 is 0 Å². The fraction of sp³-hybridized carbons (Fsp3) is 0.500. The number of nitrogens with one attached hydrogen (secondary N) is 1. The van der Waals surface area contributed by atoms with Gasteiger partial charge in [-0.05, 0) is 25.2 Å². The summed E-state index contributed by atoms with van der Waals surface area (Å²) in [6.45, 7) is 2.43. The highest BCUT2D eigenvalue weighted by atomic mass is 16.6. The van der Waals surface area contributed by atoms with Crippen molar-refractivity contribution in [3.8, 4) is 5.75 Å². The van der Waals surface area contributed by atoms with Crippen molar-refractivity contribution in [1.29, 1.82) is 0 Å². The molecule has 1 amide bonds. The van der Waals surface area contributed by atoms with Crippen molar-refractivity contribution < 1.29 is 14.3 Å². The van der Waals surface area contributed by atoms with E-state index in [2.05, 4.69) is 5.32 Å². The zero-order valence-electron chi connectivity index (χ0n) is 11.0. The molecule has 0 bridgehead atoms. The number of methoxy groups -OCH3 is 1. The predicted octanol–water partition coefficient (Wildman–Crippen LogP) is 1.77. The van der Waals surface area contributed by atoms with Crippen molar-refractivity contribution in [3.63, 3.8) is 0 Å². The Kier molecular flexibility index (Phi) is 3.06. The molecule has 0 saturated carbocycles.